The number of ether oxygens (including phenoxy) is 1. The highest BCUT2D eigenvalue weighted by Crippen LogP contribution is 2.28. The Labute approximate surface area is 161 Å². The third-order valence-electron chi connectivity index (χ3n) is 4.65. The van der Waals surface area contributed by atoms with E-state index in [0.29, 0.717) is 0 Å². The van der Waals surface area contributed by atoms with Crippen LogP contribution in [0.2, 0.25) is 0 Å². The zero-order valence-electron chi connectivity index (χ0n) is 16.6. The number of pyridine rings is 1. The van der Waals surface area contributed by atoms with Crippen LogP contribution in [0.15, 0.2) is 42.6 Å². The van der Waals surface area contributed by atoms with Crippen molar-refractivity contribution in [3.63, 3.8) is 0 Å². The van der Waals surface area contributed by atoms with Gasteiger partial charge in [0.15, 0.2) is 0 Å². The number of fused-ring (bicyclic) bond motifs is 1. The van der Waals surface area contributed by atoms with Crippen LogP contribution in [0.1, 0.15) is 38.8 Å². The van der Waals surface area contributed by atoms with Crippen molar-refractivity contribution in [3.8, 4) is 17.0 Å². The molecule has 0 radical (unpaired) electrons. The number of unbranched alkanes of at least 4 members (excludes halogenated alkanes) is 1. The zero-order valence-corrected chi connectivity index (χ0v) is 16.6. The number of benzene rings is 1. The van der Waals surface area contributed by atoms with Crippen molar-refractivity contribution >= 4 is 11.3 Å². The average Bonchev–Trinajstić information content (AvgIpc) is 3.02. The minimum Gasteiger partial charge on any atom is -0.494 e. The molecular weight excluding hydrogens is 336 g/mol. The Morgan fingerprint density at radius 3 is 2.56 bits per heavy atom. The summed E-state index contributed by atoms with van der Waals surface area (Å²) >= 11 is 0. The monoisotopic (exact) mass is 366 g/mol. The Morgan fingerprint density at radius 1 is 1.07 bits per heavy atom. The van der Waals surface area contributed by atoms with Crippen LogP contribution in [0.25, 0.3) is 16.9 Å². The summed E-state index contributed by atoms with van der Waals surface area (Å²) in [4.78, 5) is 7.23. The lowest BCUT2D eigenvalue weighted by Crippen LogP contribution is -2.20. The van der Waals surface area contributed by atoms with Crippen LogP contribution in [0.3, 0.4) is 0 Å². The Morgan fingerprint density at radius 2 is 1.85 bits per heavy atom. The Balaban J connectivity index is 1.97. The van der Waals surface area contributed by atoms with Gasteiger partial charge in [-0.2, -0.15) is 0 Å². The van der Waals surface area contributed by atoms with E-state index in [-0.39, 0.29) is 0 Å². The topological polar surface area (TPSA) is 55.8 Å². The normalized spacial score (nSPS) is 11.4. The number of rotatable bonds is 9. The van der Waals surface area contributed by atoms with Crippen LogP contribution in [-0.4, -0.2) is 34.5 Å². The fraction of sp³-hybridized carbons (Fsp3) is 0.409. The highest BCUT2D eigenvalue weighted by molar-refractivity contribution is 5.68. The Bertz CT molecular complexity index is 870. The standard InChI is InChI=1S/C22H30N4O/c1-4-6-13-25(3)16-20-22(24-21-12-9-18(23)15-26(20)21)17-7-10-19(11-8-17)27-14-5-2/h7-12,15H,4-6,13-14,16,23H2,1-3H3. The third kappa shape index (κ3) is 4.61. The molecular formula is C22H30N4O. The molecule has 0 bridgehead atoms. The number of nitrogens with two attached hydrogens (primary N) is 1. The van der Waals surface area contributed by atoms with Crippen molar-refractivity contribution in [1.29, 1.82) is 0 Å². The van der Waals surface area contributed by atoms with Gasteiger partial charge in [-0.15, -0.1) is 0 Å². The lowest BCUT2D eigenvalue weighted by atomic mass is 10.1. The van der Waals surface area contributed by atoms with Crippen LogP contribution >= 0.6 is 0 Å². The summed E-state index contributed by atoms with van der Waals surface area (Å²) in [6.45, 7) is 6.96. The van der Waals surface area contributed by atoms with Gasteiger partial charge in [0.1, 0.15) is 11.4 Å². The second kappa shape index (κ2) is 8.91. The van der Waals surface area contributed by atoms with E-state index >= 15 is 0 Å². The van der Waals surface area contributed by atoms with Gasteiger partial charge in [0.05, 0.1) is 18.0 Å². The smallest absolute Gasteiger partial charge is 0.137 e. The Hall–Kier alpha value is -2.53. The van der Waals surface area contributed by atoms with E-state index in [0.717, 1.165) is 60.2 Å². The third-order valence-corrected chi connectivity index (χ3v) is 4.65. The summed E-state index contributed by atoms with van der Waals surface area (Å²) in [6.07, 6.45) is 5.35. The number of hydrogen-bond donors (Lipinski definition) is 1. The van der Waals surface area contributed by atoms with Gasteiger partial charge in [-0.25, -0.2) is 4.98 Å². The first kappa shape index (κ1) is 19.2. The van der Waals surface area contributed by atoms with Crippen molar-refractivity contribution in [1.82, 2.24) is 14.3 Å². The summed E-state index contributed by atoms with van der Waals surface area (Å²) in [5.41, 5.74) is 11.0. The maximum atomic E-state index is 6.04. The molecule has 0 fully saturated rings. The molecule has 27 heavy (non-hydrogen) atoms. The molecule has 0 aliphatic carbocycles. The number of nitrogen functional groups attached to an aromatic ring is 1. The van der Waals surface area contributed by atoms with Crippen LogP contribution < -0.4 is 10.5 Å². The van der Waals surface area contributed by atoms with Crippen LogP contribution in [-0.2, 0) is 6.54 Å². The number of anilines is 1. The minimum absolute atomic E-state index is 0.737. The van der Waals surface area contributed by atoms with Crippen molar-refractivity contribution in [2.24, 2.45) is 0 Å². The van der Waals surface area contributed by atoms with Gasteiger partial charge < -0.3 is 19.8 Å². The SMILES string of the molecule is CCCCN(C)Cc1c(-c2ccc(OCCC)cc2)nc2ccc(N)cn12. The van der Waals surface area contributed by atoms with Crippen molar-refractivity contribution < 1.29 is 4.74 Å². The van der Waals surface area contributed by atoms with Gasteiger partial charge in [-0.1, -0.05) is 20.3 Å². The molecule has 3 aromatic rings. The summed E-state index contributed by atoms with van der Waals surface area (Å²) in [5, 5.41) is 0. The number of nitrogens with zero attached hydrogens (tertiary/aromatic N) is 3. The molecule has 5 nitrogen and oxygen atoms in total. The first-order valence-corrected chi connectivity index (χ1v) is 9.80. The van der Waals surface area contributed by atoms with Crippen LogP contribution in [0, 0.1) is 0 Å². The largest absolute Gasteiger partial charge is 0.494 e. The number of hydrogen-bond acceptors (Lipinski definition) is 4. The molecule has 0 atom stereocenters. The summed E-state index contributed by atoms with van der Waals surface area (Å²) in [6, 6.07) is 12.1. The minimum atomic E-state index is 0.737. The first-order valence-electron chi connectivity index (χ1n) is 9.80. The first-order chi connectivity index (χ1) is 13.1. The molecule has 0 aliphatic heterocycles. The van der Waals surface area contributed by atoms with Gasteiger partial charge >= 0.3 is 0 Å². The number of aromatic nitrogens is 2. The molecule has 0 amide bonds. The quantitative estimate of drug-likeness (QED) is 0.601. The van der Waals surface area contributed by atoms with Crippen molar-refractivity contribution in [3.05, 3.63) is 48.3 Å². The fourth-order valence-electron chi connectivity index (χ4n) is 3.18. The second-order valence-electron chi connectivity index (χ2n) is 7.06. The highest BCUT2D eigenvalue weighted by atomic mass is 16.5. The maximum absolute atomic E-state index is 6.04. The summed E-state index contributed by atoms with van der Waals surface area (Å²) in [7, 11) is 2.16. The van der Waals surface area contributed by atoms with E-state index in [4.69, 9.17) is 15.5 Å². The van der Waals surface area contributed by atoms with Crippen molar-refractivity contribution in [2.45, 2.75) is 39.7 Å². The van der Waals surface area contributed by atoms with Crippen LogP contribution in [0.5, 0.6) is 5.75 Å². The molecule has 3 rings (SSSR count). The van der Waals surface area contributed by atoms with Gasteiger partial charge in [-0.05, 0) is 62.8 Å². The molecule has 2 heterocycles. The molecule has 1 aromatic carbocycles. The van der Waals surface area contributed by atoms with E-state index in [2.05, 4.69) is 42.3 Å². The predicted molar refractivity (Wildman–Crippen MR) is 112 cm³/mol. The second-order valence-corrected chi connectivity index (χ2v) is 7.06. The fourth-order valence-corrected chi connectivity index (χ4v) is 3.18. The lowest BCUT2D eigenvalue weighted by Gasteiger charge is -2.17. The average molecular weight is 367 g/mol. The molecule has 0 spiro atoms. The molecule has 0 saturated heterocycles. The maximum Gasteiger partial charge on any atom is 0.137 e. The van der Waals surface area contributed by atoms with E-state index in [1.54, 1.807) is 0 Å². The van der Waals surface area contributed by atoms with E-state index in [1.165, 1.54) is 12.8 Å². The lowest BCUT2D eigenvalue weighted by molar-refractivity contribution is 0.316. The van der Waals surface area contributed by atoms with Crippen molar-refractivity contribution in [2.75, 3.05) is 25.9 Å². The van der Waals surface area contributed by atoms with E-state index < -0.39 is 0 Å². The molecule has 2 N–H and O–H groups in total. The molecule has 0 saturated carbocycles. The van der Waals surface area contributed by atoms with Gasteiger partial charge in [0, 0.05) is 24.0 Å². The van der Waals surface area contributed by atoms with E-state index in [9.17, 15) is 0 Å². The zero-order chi connectivity index (χ0) is 19.2. The molecule has 0 unspecified atom stereocenters. The molecule has 144 valence electrons. The Kier molecular flexibility index (Phi) is 6.35. The molecule has 0 aliphatic rings. The summed E-state index contributed by atoms with van der Waals surface area (Å²) in [5.74, 6) is 0.898. The predicted octanol–water partition coefficient (Wildman–Crippen LogP) is 4.60. The van der Waals surface area contributed by atoms with Gasteiger partial charge in [0.25, 0.3) is 0 Å². The van der Waals surface area contributed by atoms with E-state index in [1.807, 2.05) is 30.5 Å². The van der Waals surface area contributed by atoms with Gasteiger partial charge in [0.2, 0.25) is 0 Å². The van der Waals surface area contributed by atoms with Gasteiger partial charge in [-0.3, -0.25) is 0 Å². The molecule has 2 aromatic heterocycles. The summed E-state index contributed by atoms with van der Waals surface area (Å²) < 4.78 is 7.83. The number of imidazole rings is 1. The highest BCUT2D eigenvalue weighted by Gasteiger charge is 2.16. The molecule has 5 heteroatoms. The van der Waals surface area contributed by atoms with Crippen LogP contribution in [0.4, 0.5) is 5.69 Å².